The number of carbonyl (C=O) groups excluding carboxylic acids is 4. The molecule has 4 rings (SSSR count). The fraction of sp³-hybridized carbons (Fsp3) is 0.154. The van der Waals surface area contributed by atoms with Gasteiger partial charge in [-0.2, -0.15) is 5.01 Å². The standard InChI is InChI=1S/C26H23N3O5/c1-2-26(20-11-7-4-8-12-20)24(32)29(25(33)27-26)28-22(30)17-34-21-15-13-19(14-16-21)23(31)18-9-5-3-6-10-18/h3-16H,2,17H2,1H3,(H,27,33)(H,28,30)/t26-/m0/s1. The summed E-state index contributed by atoms with van der Waals surface area (Å²) in [6.07, 6.45) is 0.318. The van der Waals surface area contributed by atoms with Crippen molar-refractivity contribution in [2.24, 2.45) is 0 Å². The number of hydrogen-bond acceptors (Lipinski definition) is 5. The van der Waals surface area contributed by atoms with E-state index < -0.39 is 30.0 Å². The molecule has 172 valence electrons. The van der Waals surface area contributed by atoms with E-state index >= 15 is 0 Å². The van der Waals surface area contributed by atoms with Crippen molar-refractivity contribution in [3.05, 3.63) is 102 Å². The van der Waals surface area contributed by atoms with Crippen LogP contribution in [0.15, 0.2) is 84.9 Å². The number of hydrazine groups is 1. The monoisotopic (exact) mass is 457 g/mol. The van der Waals surface area contributed by atoms with Gasteiger partial charge in [-0.15, -0.1) is 0 Å². The molecule has 1 fully saturated rings. The number of benzene rings is 3. The fourth-order valence-corrected chi connectivity index (χ4v) is 3.80. The number of rotatable bonds is 8. The van der Waals surface area contributed by atoms with Gasteiger partial charge in [0.2, 0.25) is 0 Å². The summed E-state index contributed by atoms with van der Waals surface area (Å²) >= 11 is 0. The van der Waals surface area contributed by atoms with Crippen molar-refractivity contribution in [1.82, 2.24) is 15.8 Å². The van der Waals surface area contributed by atoms with Crippen LogP contribution < -0.4 is 15.5 Å². The zero-order chi connectivity index (χ0) is 24.1. The molecule has 4 amide bonds. The van der Waals surface area contributed by atoms with Crippen LogP contribution in [0.3, 0.4) is 0 Å². The molecular weight excluding hydrogens is 434 g/mol. The summed E-state index contributed by atoms with van der Waals surface area (Å²) in [6.45, 7) is 1.36. The molecule has 8 nitrogen and oxygen atoms in total. The van der Waals surface area contributed by atoms with Crippen molar-refractivity contribution in [3.8, 4) is 5.75 Å². The normalized spacial score (nSPS) is 17.3. The Bertz CT molecular complexity index is 1210. The molecule has 1 aliphatic rings. The second kappa shape index (κ2) is 9.58. The molecule has 0 spiro atoms. The lowest BCUT2D eigenvalue weighted by Gasteiger charge is -2.25. The van der Waals surface area contributed by atoms with E-state index in [0.717, 1.165) is 0 Å². The smallest absolute Gasteiger partial charge is 0.344 e. The number of imide groups is 1. The van der Waals surface area contributed by atoms with Crippen LogP contribution in [0.25, 0.3) is 0 Å². The minimum atomic E-state index is -1.24. The number of ether oxygens (including phenoxy) is 1. The van der Waals surface area contributed by atoms with Crippen molar-refractivity contribution < 1.29 is 23.9 Å². The van der Waals surface area contributed by atoms with E-state index in [0.29, 0.717) is 33.9 Å². The molecule has 3 aromatic rings. The largest absolute Gasteiger partial charge is 0.484 e. The third-order valence-corrected chi connectivity index (χ3v) is 5.65. The molecule has 0 bridgehead atoms. The van der Waals surface area contributed by atoms with Crippen LogP contribution in [0, 0.1) is 0 Å². The van der Waals surface area contributed by atoms with Gasteiger partial charge in [0, 0.05) is 11.1 Å². The third-order valence-electron chi connectivity index (χ3n) is 5.65. The molecule has 0 radical (unpaired) electrons. The Balaban J connectivity index is 1.36. The zero-order valence-corrected chi connectivity index (χ0v) is 18.5. The highest BCUT2D eigenvalue weighted by Gasteiger charge is 2.52. The predicted molar refractivity (Wildman–Crippen MR) is 124 cm³/mol. The summed E-state index contributed by atoms with van der Waals surface area (Å²) in [7, 11) is 0. The van der Waals surface area contributed by atoms with Gasteiger partial charge in [-0.3, -0.25) is 19.8 Å². The average molecular weight is 457 g/mol. The maximum Gasteiger partial charge on any atom is 0.344 e. The van der Waals surface area contributed by atoms with Crippen molar-refractivity contribution in [2.45, 2.75) is 18.9 Å². The average Bonchev–Trinajstić information content (AvgIpc) is 3.13. The van der Waals surface area contributed by atoms with Gasteiger partial charge < -0.3 is 10.1 Å². The Morgan fingerprint density at radius 2 is 1.47 bits per heavy atom. The first-order chi connectivity index (χ1) is 16.4. The van der Waals surface area contributed by atoms with E-state index in [-0.39, 0.29) is 5.78 Å². The second-order valence-corrected chi connectivity index (χ2v) is 7.74. The summed E-state index contributed by atoms with van der Waals surface area (Å²) < 4.78 is 5.46. The van der Waals surface area contributed by atoms with Gasteiger partial charge in [0.05, 0.1) is 0 Å². The number of nitrogens with one attached hydrogen (secondary N) is 2. The minimum Gasteiger partial charge on any atom is -0.484 e. The van der Waals surface area contributed by atoms with Crippen molar-refractivity contribution in [3.63, 3.8) is 0 Å². The predicted octanol–water partition coefficient (Wildman–Crippen LogP) is 3.18. The van der Waals surface area contributed by atoms with Crippen LogP contribution in [-0.4, -0.2) is 35.2 Å². The minimum absolute atomic E-state index is 0.124. The number of urea groups is 1. The topological polar surface area (TPSA) is 105 Å². The Kier molecular flexibility index (Phi) is 6.40. The summed E-state index contributed by atoms with van der Waals surface area (Å²) in [4.78, 5) is 50.4. The lowest BCUT2D eigenvalue weighted by atomic mass is 9.87. The summed E-state index contributed by atoms with van der Waals surface area (Å²) in [6, 6.07) is 23.4. The third kappa shape index (κ3) is 4.38. The van der Waals surface area contributed by atoms with E-state index in [4.69, 9.17) is 4.74 Å². The maximum atomic E-state index is 13.1. The molecule has 1 saturated heterocycles. The number of hydrogen-bond donors (Lipinski definition) is 2. The lowest BCUT2D eigenvalue weighted by molar-refractivity contribution is -0.140. The van der Waals surface area contributed by atoms with Crippen LogP contribution in [-0.2, 0) is 15.1 Å². The van der Waals surface area contributed by atoms with Gasteiger partial charge in [0.25, 0.3) is 11.8 Å². The van der Waals surface area contributed by atoms with Crippen molar-refractivity contribution in [1.29, 1.82) is 0 Å². The summed E-state index contributed by atoms with van der Waals surface area (Å²) in [5.74, 6) is -0.998. The molecular formula is C26H23N3O5. The molecule has 3 aromatic carbocycles. The van der Waals surface area contributed by atoms with E-state index in [9.17, 15) is 19.2 Å². The Morgan fingerprint density at radius 3 is 2.09 bits per heavy atom. The lowest BCUT2D eigenvalue weighted by Crippen LogP contribution is -2.49. The molecule has 0 aliphatic carbocycles. The highest BCUT2D eigenvalue weighted by atomic mass is 16.5. The molecule has 0 saturated carbocycles. The molecule has 0 aromatic heterocycles. The van der Waals surface area contributed by atoms with Gasteiger partial charge >= 0.3 is 6.03 Å². The van der Waals surface area contributed by atoms with E-state index in [2.05, 4.69) is 10.7 Å². The number of nitrogens with zero attached hydrogens (tertiary/aromatic N) is 1. The fourth-order valence-electron chi connectivity index (χ4n) is 3.80. The molecule has 8 heteroatoms. The zero-order valence-electron chi connectivity index (χ0n) is 18.5. The molecule has 0 unspecified atom stereocenters. The molecule has 1 aliphatic heterocycles. The first-order valence-electron chi connectivity index (χ1n) is 10.8. The van der Waals surface area contributed by atoms with Crippen molar-refractivity contribution >= 4 is 23.6 Å². The second-order valence-electron chi connectivity index (χ2n) is 7.74. The molecule has 1 atom stereocenters. The van der Waals surface area contributed by atoms with Crippen LogP contribution in [0.5, 0.6) is 5.75 Å². The molecule has 34 heavy (non-hydrogen) atoms. The van der Waals surface area contributed by atoms with Gasteiger partial charge in [0.1, 0.15) is 11.3 Å². The maximum absolute atomic E-state index is 13.1. The highest BCUT2D eigenvalue weighted by Crippen LogP contribution is 2.31. The first-order valence-corrected chi connectivity index (χ1v) is 10.8. The molecule has 1 heterocycles. The highest BCUT2D eigenvalue weighted by molar-refractivity contribution is 6.09. The van der Waals surface area contributed by atoms with Crippen LogP contribution in [0.4, 0.5) is 4.79 Å². The summed E-state index contributed by atoms with van der Waals surface area (Å²) in [5, 5.41) is 3.38. The van der Waals surface area contributed by atoms with Crippen molar-refractivity contribution in [2.75, 3.05) is 6.61 Å². The van der Waals surface area contributed by atoms with Gasteiger partial charge in [-0.25, -0.2) is 4.79 Å². The first kappa shape index (κ1) is 22.7. The number of amides is 4. The number of carbonyl (C=O) groups is 4. The Morgan fingerprint density at radius 1 is 0.882 bits per heavy atom. The van der Waals surface area contributed by atoms with Gasteiger partial charge in [-0.1, -0.05) is 67.6 Å². The molecule has 2 N–H and O–H groups in total. The van der Waals surface area contributed by atoms with Gasteiger partial charge in [-0.05, 0) is 36.2 Å². The van der Waals surface area contributed by atoms with Crippen LogP contribution in [0.2, 0.25) is 0 Å². The van der Waals surface area contributed by atoms with E-state index in [1.807, 2.05) is 12.1 Å². The van der Waals surface area contributed by atoms with Crippen LogP contribution >= 0.6 is 0 Å². The number of ketones is 1. The quantitative estimate of drug-likeness (QED) is 0.399. The van der Waals surface area contributed by atoms with Gasteiger partial charge in [0.15, 0.2) is 12.4 Å². The van der Waals surface area contributed by atoms with Crippen LogP contribution in [0.1, 0.15) is 34.8 Å². The summed E-state index contributed by atoms with van der Waals surface area (Å²) in [5.41, 5.74) is 2.76. The Hall–Kier alpha value is -4.46. The van der Waals surface area contributed by atoms with E-state index in [1.165, 1.54) is 0 Å². The SMILES string of the molecule is CC[C@@]1(c2ccccc2)NC(=O)N(NC(=O)COc2ccc(C(=O)c3ccccc3)cc2)C1=O. The van der Waals surface area contributed by atoms with E-state index in [1.54, 1.807) is 79.7 Å². The Labute approximate surface area is 196 Å².